The van der Waals surface area contributed by atoms with Crippen LogP contribution in [0.2, 0.25) is 0 Å². The first-order valence-corrected chi connectivity index (χ1v) is 6.06. The van der Waals surface area contributed by atoms with E-state index >= 15 is 0 Å². The van der Waals surface area contributed by atoms with Gasteiger partial charge < -0.3 is 14.6 Å². The highest BCUT2D eigenvalue weighted by Crippen LogP contribution is 2.08. The van der Waals surface area contributed by atoms with Crippen LogP contribution in [0, 0.1) is 5.92 Å². The molecule has 0 spiro atoms. The summed E-state index contributed by atoms with van der Waals surface area (Å²) >= 11 is 0. The van der Waals surface area contributed by atoms with Crippen molar-refractivity contribution in [2.45, 2.75) is 32.9 Å². The lowest BCUT2D eigenvalue weighted by Crippen LogP contribution is -2.30. The molecule has 2 rings (SSSR count). The van der Waals surface area contributed by atoms with Crippen LogP contribution in [-0.2, 0) is 11.3 Å². The second-order valence-electron chi connectivity index (χ2n) is 4.83. The Morgan fingerprint density at radius 2 is 2.47 bits per heavy atom. The minimum Gasteiger partial charge on any atom is -0.379 e. The van der Waals surface area contributed by atoms with Gasteiger partial charge in [-0.05, 0) is 12.3 Å². The van der Waals surface area contributed by atoms with Crippen LogP contribution in [0.25, 0.3) is 0 Å². The van der Waals surface area contributed by atoms with Crippen molar-refractivity contribution >= 4 is 5.82 Å². The van der Waals surface area contributed by atoms with Gasteiger partial charge in [-0.25, -0.2) is 4.98 Å². The standard InChI is InChI=1S/C12H19N3O2/c1-9(2)7-15-5-4-13-11(12(15)16)14-10-3-6-17-8-10/h4-5,9-10H,3,6-8H2,1-2H3,(H,13,14). The fourth-order valence-electron chi connectivity index (χ4n) is 1.93. The molecule has 17 heavy (non-hydrogen) atoms. The van der Waals surface area contributed by atoms with E-state index in [2.05, 4.69) is 24.1 Å². The molecule has 1 saturated heterocycles. The van der Waals surface area contributed by atoms with Crippen molar-refractivity contribution in [3.8, 4) is 0 Å². The van der Waals surface area contributed by atoms with Gasteiger partial charge in [0.1, 0.15) is 0 Å². The molecule has 0 aliphatic carbocycles. The molecule has 5 heteroatoms. The van der Waals surface area contributed by atoms with Gasteiger partial charge in [-0.3, -0.25) is 4.79 Å². The molecule has 1 N–H and O–H groups in total. The Labute approximate surface area is 101 Å². The van der Waals surface area contributed by atoms with Crippen LogP contribution >= 0.6 is 0 Å². The molecule has 1 aliphatic rings. The molecule has 1 aromatic rings. The number of hydrogen-bond acceptors (Lipinski definition) is 4. The maximum absolute atomic E-state index is 12.1. The number of nitrogens with one attached hydrogen (secondary N) is 1. The van der Waals surface area contributed by atoms with E-state index in [0.717, 1.165) is 19.6 Å². The lowest BCUT2D eigenvalue weighted by Gasteiger charge is -2.13. The van der Waals surface area contributed by atoms with E-state index in [1.54, 1.807) is 17.0 Å². The van der Waals surface area contributed by atoms with Crippen molar-refractivity contribution in [2.75, 3.05) is 18.5 Å². The summed E-state index contributed by atoms with van der Waals surface area (Å²) in [6.07, 6.45) is 4.33. The molecule has 2 heterocycles. The van der Waals surface area contributed by atoms with Crippen molar-refractivity contribution in [2.24, 2.45) is 5.92 Å². The summed E-state index contributed by atoms with van der Waals surface area (Å²) in [6.45, 7) is 6.30. The first kappa shape index (κ1) is 12.1. The Bertz CT molecular complexity index is 422. The SMILES string of the molecule is CC(C)Cn1ccnc(NC2CCOC2)c1=O. The third kappa shape index (κ3) is 3.06. The predicted molar refractivity (Wildman–Crippen MR) is 66.2 cm³/mol. The molecule has 1 unspecified atom stereocenters. The molecule has 1 atom stereocenters. The molecule has 1 fully saturated rings. The van der Waals surface area contributed by atoms with Crippen molar-refractivity contribution in [3.63, 3.8) is 0 Å². The van der Waals surface area contributed by atoms with Crippen molar-refractivity contribution in [1.82, 2.24) is 9.55 Å². The van der Waals surface area contributed by atoms with Gasteiger partial charge in [-0.1, -0.05) is 13.8 Å². The second-order valence-corrected chi connectivity index (χ2v) is 4.83. The smallest absolute Gasteiger partial charge is 0.293 e. The Morgan fingerprint density at radius 3 is 3.12 bits per heavy atom. The molecule has 1 aliphatic heterocycles. The molecule has 0 radical (unpaired) electrons. The predicted octanol–water partition coefficient (Wildman–Crippen LogP) is 1.10. The normalized spacial score (nSPS) is 19.8. The zero-order chi connectivity index (χ0) is 12.3. The van der Waals surface area contributed by atoms with Crippen LogP contribution < -0.4 is 10.9 Å². The van der Waals surface area contributed by atoms with Gasteiger partial charge >= 0.3 is 0 Å². The second kappa shape index (κ2) is 5.31. The van der Waals surface area contributed by atoms with E-state index in [-0.39, 0.29) is 11.6 Å². The molecule has 1 aromatic heterocycles. The summed E-state index contributed by atoms with van der Waals surface area (Å²) in [4.78, 5) is 16.2. The van der Waals surface area contributed by atoms with Crippen LogP contribution in [-0.4, -0.2) is 28.8 Å². The molecular weight excluding hydrogens is 218 g/mol. The number of nitrogens with zero attached hydrogens (tertiary/aromatic N) is 2. The topological polar surface area (TPSA) is 56.1 Å². The molecule has 0 amide bonds. The van der Waals surface area contributed by atoms with E-state index in [1.807, 2.05) is 0 Å². The maximum Gasteiger partial charge on any atom is 0.293 e. The molecule has 94 valence electrons. The highest BCUT2D eigenvalue weighted by molar-refractivity contribution is 5.32. The van der Waals surface area contributed by atoms with E-state index in [4.69, 9.17) is 4.74 Å². The molecule has 0 saturated carbocycles. The first-order chi connectivity index (χ1) is 8.16. The Kier molecular flexibility index (Phi) is 3.78. The molecule has 0 aromatic carbocycles. The summed E-state index contributed by atoms with van der Waals surface area (Å²) in [7, 11) is 0. The Hall–Kier alpha value is -1.36. The fourth-order valence-corrected chi connectivity index (χ4v) is 1.93. The van der Waals surface area contributed by atoms with Gasteiger partial charge in [0.2, 0.25) is 0 Å². The monoisotopic (exact) mass is 237 g/mol. The van der Waals surface area contributed by atoms with Crippen LogP contribution in [0.5, 0.6) is 0 Å². The zero-order valence-electron chi connectivity index (χ0n) is 10.3. The van der Waals surface area contributed by atoms with Crippen LogP contribution in [0.15, 0.2) is 17.2 Å². The van der Waals surface area contributed by atoms with Gasteiger partial charge in [-0.15, -0.1) is 0 Å². The van der Waals surface area contributed by atoms with Crippen LogP contribution in [0.3, 0.4) is 0 Å². The summed E-state index contributed by atoms with van der Waals surface area (Å²) in [6, 6.07) is 0.213. The van der Waals surface area contributed by atoms with E-state index in [1.165, 1.54) is 0 Å². The van der Waals surface area contributed by atoms with E-state index in [0.29, 0.717) is 18.3 Å². The van der Waals surface area contributed by atoms with Crippen LogP contribution in [0.4, 0.5) is 5.82 Å². The van der Waals surface area contributed by atoms with Crippen LogP contribution in [0.1, 0.15) is 20.3 Å². The van der Waals surface area contributed by atoms with Gasteiger partial charge in [0.15, 0.2) is 5.82 Å². The highest BCUT2D eigenvalue weighted by Gasteiger charge is 2.17. The van der Waals surface area contributed by atoms with Crippen molar-refractivity contribution in [3.05, 3.63) is 22.7 Å². The number of rotatable bonds is 4. The quantitative estimate of drug-likeness (QED) is 0.852. The van der Waals surface area contributed by atoms with Gasteiger partial charge in [0.05, 0.1) is 12.6 Å². The summed E-state index contributed by atoms with van der Waals surface area (Å²) < 4.78 is 6.97. The molecule has 0 bridgehead atoms. The summed E-state index contributed by atoms with van der Waals surface area (Å²) in [5.41, 5.74) is -0.0481. The van der Waals surface area contributed by atoms with Gasteiger partial charge in [0.25, 0.3) is 5.56 Å². The number of anilines is 1. The lowest BCUT2D eigenvalue weighted by molar-refractivity contribution is 0.195. The third-order valence-electron chi connectivity index (χ3n) is 2.75. The molecular formula is C12H19N3O2. The largest absolute Gasteiger partial charge is 0.379 e. The van der Waals surface area contributed by atoms with Crippen molar-refractivity contribution in [1.29, 1.82) is 0 Å². The summed E-state index contributed by atoms with van der Waals surface area (Å²) in [5.74, 6) is 0.876. The Balaban J connectivity index is 2.13. The first-order valence-electron chi connectivity index (χ1n) is 6.06. The minimum atomic E-state index is -0.0481. The highest BCUT2D eigenvalue weighted by atomic mass is 16.5. The average Bonchev–Trinajstić information content (AvgIpc) is 2.76. The fraction of sp³-hybridized carbons (Fsp3) is 0.667. The number of ether oxygens (including phenoxy) is 1. The van der Waals surface area contributed by atoms with E-state index < -0.39 is 0 Å². The number of hydrogen-bond donors (Lipinski definition) is 1. The average molecular weight is 237 g/mol. The Morgan fingerprint density at radius 1 is 1.65 bits per heavy atom. The minimum absolute atomic E-state index is 0.0481. The maximum atomic E-state index is 12.1. The zero-order valence-corrected chi connectivity index (χ0v) is 10.3. The van der Waals surface area contributed by atoms with Gasteiger partial charge in [0, 0.05) is 25.5 Å². The third-order valence-corrected chi connectivity index (χ3v) is 2.75. The van der Waals surface area contributed by atoms with Crippen molar-refractivity contribution < 1.29 is 4.74 Å². The molecule has 5 nitrogen and oxygen atoms in total. The van der Waals surface area contributed by atoms with Gasteiger partial charge in [-0.2, -0.15) is 0 Å². The van der Waals surface area contributed by atoms with E-state index in [9.17, 15) is 4.79 Å². The number of aromatic nitrogens is 2. The summed E-state index contributed by atoms with van der Waals surface area (Å²) in [5, 5.41) is 3.15. The lowest BCUT2D eigenvalue weighted by atomic mass is 10.2.